The minimum Gasteiger partial charge on any atom is -0.455 e. The van der Waals surface area contributed by atoms with Gasteiger partial charge in [-0.1, -0.05) is 103 Å². The van der Waals surface area contributed by atoms with Crippen LogP contribution < -0.4 is 0 Å². The minimum absolute atomic E-state index is 0.136. The highest BCUT2D eigenvalue weighted by molar-refractivity contribution is 6.17. The second-order valence-electron chi connectivity index (χ2n) is 15.3. The van der Waals surface area contributed by atoms with Crippen LogP contribution in [0.25, 0.3) is 71.7 Å². The van der Waals surface area contributed by atoms with E-state index < -0.39 is 0 Å². The summed E-state index contributed by atoms with van der Waals surface area (Å²) in [7, 11) is 0. The maximum absolute atomic E-state index is 6.62. The Morgan fingerprint density at radius 2 is 1.15 bits per heavy atom. The van der Waals surface area contributed by atoms with E-state index in [2.05, 4.69) is 132 Å². The maximum atomic E-state index is 6.62. The number of aromatic nitrogens is 1. The van der Waals surface area contributed by atoms with Crippen LogP contribution >= 0.6 is 0 Å². The first-order valence-corrected chi connectivity index (χ1v) is 17.9. The van der Waals surface area contributed by atoms with E-state index >= 15 is 0 Å². The molecule has 48 heavy (non-hydrogen) atoms. The molecule has 0 radical (unpaired) electrons. The Balaban J connectivity index is 1.16. The van der Waals surface area contributed by atoms with E-state index in [1.807, 2.05) is 0 Å². The average molecular weight is 618 g/mol. The Morgan fingerprint density at radius 1 is 0.500 bits per heavy atom. The van der Waals surface area contributed by atoms with Gasteiger partial charge in [-0.3, -0.25) is 0 Å². The van der Waals surface area contributed by atoms with Crippen molar-refractivity contribution >= 4 is 43.7 Å². The summed E-state index contributed by atoms with van der Waals surface area (Å²) in [6.45, 7) is 0. The second-order valence-corrected chi connectivity index (χ2v) is 15.3. The number of rotatable bonds is 2. The summed E-state index contributed by atoms with van der Waals surface area (Å²) >= 11 is 0. The molecule has 2 aromatic heterocycles. The van der Waals surface area contributed by atoms with Crippen molar-refractivity contribution in [2.45, 2.75) is 37.5 Å². The van der Waals surface area contributed by atoms with Crippen LogP contribution in [0, 0.1) is 23.7 Å². The third kappa shape index (κ3) is 3.10. The molecule has 0 saturated heterocycles. The first-order valence-electron chi connectivity index (χ1n) is 17.9. The zero-order valence-electron chi connectivity index (χ0n) is 26.8. The fourth-order valence-electron chi connectivity index (χ4n) is 11.7. The van der Waals surface area contributed by atoms with Gasteiger partial charge in [0.1, 0.15) is 11.2 Å². The lowest BCUT2D eigenvalue weighted by atomic mass is 9.43. The third-order valence-electron chi connectivity index (χ3n) is 13.2. The van der Waals surface area contributed by atoms with E-state index in [0.717, 1.165) is 40.4 Å². The molecule has 230 valence electrons. The maximum Gasteiger partial charge on any atom is 0.143 e. The zero-order chi connectivity index (χ0) is 31.1. The van der Waals surface area contributed by atoms with Gasteiger partial charge >= 0.3 is 0 Å². The summed E-state index contributed by atoms with van der Waals surface area (Å²) in [6, 6.07) is 47.8. The lowest BCUT2D eigenvalue weighted by Gasteiger charge is -2.61. The van der Waals surface area contributed by atoms with Crippen molar-refractivity contribution in [2.75, 3.05) is 0 Å². The smallest absolute Gasteiger partial charge is 0.143 e. The third-order valence-corrected chi connectivity index (χ3v) is 13.2. The van der Waals surface area contributed by atoms with Crippen LogP contribution in [-0.2, 0) is 5.41 Å². The molecule has 2 heteroatoms. The largest absolute Gasteiger partial charge is 0.455 e. The molecule has 0 aliphatic heterocycles. The number of furan rings is 1. The van der Waals surface area contributed by atoms with Gasteiger partial charge in [0.25, 0.3) is 0 Å². The number of nitrogens with zero attached hydrogens (tertiary/aromatic N) is 1. The number of para-hydroxylation sites is 4. The molecule has 4 saturated carbocycles. The van der Waals surface area contributed by atoms with E-state index in [1.165, 1.54) is 87.1 Å². The number of benzene rings is 6. The van der Waals surface area contributed by atoms with Gasteiger partial charge in [0, 0.05) is 43.8 Å². The highest BCUT2D eigenvalue weighted by Gasteiger charge is 2.61. The van der Waals surface area contributed by atoms with Crippen molar-refractivity contribution < 1.29 is 4.42 Å². The molecule has 0 N–H and O–H groups in total. The highest BCUT2D eigenvalue weighted by Crippen LogP contribution is 2.69. The molecule has 4 bridgehead atoms. The number of hydrogen-bond donors (Lipinski definition) is 0. The standard InChI is InChI=1S/C46H35NO/c1-4-16-40-32(9-1)33-20-19-31(26-41(33)46(40)29-22-27-21-28(24-29)25-30(46)23-27)47-42-17-5-2-10-34(42)36-12-7-13-37(44(36)47)39-15-8-14-38-35-11-3-6-18-43(35)48-45(38)39/h1-20,26-30H,21-25H2. The molecule has 0 unspecified atom stereocenters. The van der Waals surface area contributed by atoms with Gasteiger partial charge in [0.15, 0.2) is 0 Å². The lowest BCUT2D eigenvalue weighted by Crippen LogP contribution is -2.55. The van der Waals surface area contributed by atoms with Crippen molar-refractivity contribution in [3.63, 3.8) is 0 Å². The Hall–Kier alpha value is -5.08. The molecule has 5 aliphatic rings. The van der Waals surface area contributed by atoms with Gasteiger partial charge in [-0.2, -0.15) is 0 Å². The molecule has 1 spiro atoms. The SMILES string of the molecule is c1ccc2c(c1)-c1ccc(-n3c4ccccc4c4cccc(-c5cccc6c5oc5ccccc56)c43)cc1C21C2CC3CC(C2)CC1C3. The molecule has 5 aliphatic carbocycles. The Morgan fingerprint density at radius 3 is 2.00 bits per heavy atom. The van der Waals surface area contributed by atoms with E-state index in [9.17, 15) is 0 Å². The van der Waals surface area contributed by atoms with Crippen LogP contribution in [0.15, 0.2) is 132 Å². The van der Waals surface area contributed by atoms with E-state index in [4.69, 9.17) is 4.42 Å². The molecule has 2 nitrogen and oxygen atoms in total. The van der Waals surface area contributed by atoms with Crippen molar-refractivity contribution in [1.82, 2.24) is 4.57 Å². The zero-order valence-corrected chi connectivity index (χ0v) is 26.8. The molecule has 4 fully saturated rings. The van der Waals surface area contributed by atoms with Gasteiger partial charge in [-0.25, -0.2) is 0 Å². The van der Waals surface area contributed by atoms with Gasteiger partial charge in [-0.05, 0) is 102 Å². The molecule has 2 heterocycles. The molecule has 8 aromatic rings. The number of fused-ring (bicyclic) bond motifs is 9. The molecule has 0 amide bonds. The van der Waals surface area contributed by atoms with Crippen LogP contribution in [0.2, 0.25) is 0 Å². The first kappa shape index (κ1) is 25.9. The second kappa shape index (κ2) is 9.08. The van der Waals surface area contributed by atoms with E-state index in [0.29, 0.717) is 0 Å². The molecule has 6 aromatic carbocycles. The molecular weight excluding hydrogens is 583 g/mol. The van der Waals surface area contributed by atoms with Crippen LogP contribution in [0.1, 0.15) is 43.2 Å². The van der Waals surface area contributed by atoms with Gasteiger partial charge < -0.3 is 8.98 Å². The summed E-state index contributed by atoms with van der Waals surface area (Å²) in [5.74, 6) is 3.34. The fourth-order valence-corrected chi connectivity index (χ4v) is 11.7. The Labute approximate surface area is 279 Å². The van der Waals surface area contributed by atoms with Gasteiger partial charge in [0.05, 0.1) is 11.0 Å². The van der Waals surface area contributed by atoms with Gasteiger partial charge in [-0.15, -0.1) is 0 Å². The minimum atomic E-state index is 0.136. The van der Waals surface area contributed by atoms with Crippen molar-refractivity contribution in [3.8, 4) is 27.9 Å². The summed E-state index contributed by atoms with van der Waals surface area (Å²) in [5.41, 5.74) is 14.3. The quantitative estimate of drug-likeness (QED) is 0.189. The van der Waals surface area contributed by atoms with Crippen molar-refractivity contribution in [1.29, 1.82) is 0 Å². The van der Waals surface area contributed by atoms with Crippen LogP contribution in [-0.4, -0.2) is 4.57 Å². The van der Waals surface area contributed by atoms with E-state index in [1.54, 1.807) is 11.1 Å². The van der Waals surface area contributed by atoms with Crippen molar-refractivity contribution in [3.05, 3.63) is 139 Å². The van der Waals surface area contributed by atoms with Crippen LogP contribution in [0.3, 0.4) is 0 Å². The number of hydrogen-bond acceptors (Lipinski definition) is 1. The van der Waals surface area contributed by atoms with E-state index in [-0.39, 0.29) is 5.41 Å². The normalized spacial score (nSPS) is 25.2. The molecule has 0 atom stereocenters. The monoisotopic (exact) mass is 617 g/mol. The predicted molar refractivity (Wildman–Crippen MR) is 197 cm³/mol. The average Bonchev–Trinajstić information content (AvgIpc) is 3.77. The van der Waals surface area contributed by atoms with Crippen LogP contribution in [0.4, 0.5) is 0 Å². The summed E-state index contributed by atoms with van der Waals surface area (Å²) in [6.07, 6.45) is 7.05. The Kier molecular flexibility index (Phi) is 4.91. The summed E-state index contributed by atoms with van der Waals surface area (Å²) in [4.78, 5) is 0. The summed E-state index contributed by atoms with van der Waals surface area (Å²) in [5, 5.41) is 4.91. The topological polar surface area (TPSA) is 18.1 Å². The molecule has 13 rings (SSSR count). The fraction of sp³-hybridized carbons (Fsp3) is 0.217. The first-order chi connectivity index (χ1) is 23.8. The van der Waals surface area contributed by atoms with Crippen molar-refractivity contribution in [2.24, 2.45) is 23.7 Å². The Bertz CT molecular complexity index is 2620. The van der Waals surface area contributed by atoms with Crippen LogP contribution in [0.5, 0.6) is 0 Å². The molecular formula is C46H35NO. The van der Waals surface area contributed by atoms with Gasteiger partial charge in [0.2, 0.25) is 0 Å². The lowest BCUT2D eigenvalue weighted by molar-refractivity contribution is -0.0399. The predicted octanol–water partition coefficient (Wildman–Crippen LogP) is 12.1. The summed E-state index contributed by atoms with van der Waals surface area (Å²) < 4.78 is 9.19. The highest BCUT2D eigenvalue weighted by atomic mass is 16.3.